The number of hydrogen-bond donors (Lipinski definition) is 1. The van der Waals surface area contributed by atoms with E-state index in [9.17, 15) is 13.6 Å². The molecule has 2 rings (SSSR count). The molecule has 0 saturated carbocycles. The lowest BCUT2D eigenvalue weighted by Crippen LogP contribution is -2.29. The van der Waals surface area contributed by atoms with Crippen molar-refractivity contribution in [3.63, 3.8) is 0 Å². The van der Waals surface area contributed by atoms with Crippen LogP contribution in [0.2, 0.25) is 0 Å². The van der Waals surface area contributed by atoms with Gasteiger partial charge in [0.15, 0.2) is 11.6 Å². The Kier molecular flexibility index (Phi) is 5.69. The zero-order valence-corrected chi connectivity index (χ0v) is 12.6. The molecule has 118 valence electrons. The first-order valence-electron chi connectivity index (χ1n) is 7.37. The van der Waals surface area contributed by atoms with E-state index >= 15 is 0 Å². The molecule has 3 nitrogen and oxygen atoms in total. The number of carbonyl (C=O) groups excluding carboxylic acids is 1. The van der Waals surface area contributed by atoms with Gasteiger partial charge >= 0.3 is 0 Å². The summed E-state index contributed by atoms with van der Waals surface area (Å²) in [5.74, 6) is -1.47. The van der Waals surface area contributed by atoms with Crippen molar-refractivity contribution in [3.05, 3.63) is 54.1 Å². The van der Waals surface area contributed by atoms with E-state index in [1.54, 1.807) is 18.2 Å². The Morgan fingerprint density at radius 3 is 2.91 bits per heavy atom. The van der Waals surface area contributed by atoms with Gasteiger partial charge in [-0.05, 0) is 31.4 Å². The molecule has 1 atom stereocenters. The van der Waals surface area contributed by atoms with Crippen LogP contribution >= 0.6 is 0 Å². The van der Waals surface area contributed by atoms with Crippen molar-refractivity contribution >= 4 is 11.6 Å². The maximum Gasteiger partial charge on any atom is 0.243 e. The van der Waals surface area contributed by atoms with Crippen LogP contribution in [0.15, 0.2) is 42.5 Å². The normalized spacial score (nSPS) is 18.5. The van der Waals surface area contributed by atoms with Crippen LogP contribution < -0.4 is 10.2 Å². The second-order valence-corrected chi connectivity index (χ2v) is 5.33. The number of amides is 1. The third kappa shape index (κ3) is 4.41. The second kappa shape index (κ2) is 7.73. The highest BCUT2D eigenvalue weighted by Crippen LogP contribution is 2.24. The monoisotopic (exact) mass is 306 g/mol. The Morgan fingerprint density at radius 2 is 2.18 bits per heavy atom. The Labute approximate surface area is 129 Å². The zero-order chi connectivity index (χ0) is 15.9. The number of nitrogens with zero attached hydrogens (tertiary/aromatic N) is 1. The van der Waals surface area contributed by atoms with Crippen LogP contribution in [0.1, 0.15) is 13.3 Å². The van der Waals surface area contributed by atoms with Crippen molar-refractivity contribution in [2.45, 2.75) is 13.3 Å². The highest BCUT2D eigenvalue weighted by molar-refractivity contribution is 5.87. The smallest absolute Gasteiger partial charge is 0.243 e. The Morgan fingerprint density at radius 1 is 1.36 bits per heavy atom. The zero-order valence-electron chi connectivity index (χ0n) is 12.6. The van der Waals surface area contributed by atoms with E-state index in [4.69, 9.17) is 0 Å². The highest BCUT2D eigenvalue weighted by atomic mass is 19.2. The average molecular weight is 306 g/mol. The van der Waals surface area contributed by atoms with Gasteiger partial charge in [0.1, 0.15) is 0 Å². The lowest BCUT2D eigenvalue weighted by molar-refractivity contribution is -0.116. The predicted molar refractivity (Wildman–Crippen MR) is 83.6 cm³/mol. The summed E-state index contributed by atoms with van der Waals surface area (Å²) in [4.78, 5) is 13.6. The maximum atomic E-state index is 13.3. The molecule has 1 aliphatic heterocycles. The molecular weight excluding hydrogens is 286 g/mol. The Bertz CT molecular complexity index is 584. The standard InChI is InChI=1S/C17H20F2N2O/c1-2-3-4-5-17(22)20-11-13-8-9-21(12-13)14-6-7-15(18)16(19)10-14/h2-7,10,13H,8-9,11-12H2,1H3,(H,20,22)/b3-2+,5-4+. The lowest BCUT2D eigenvalue weighted by Gasteiger charge is -2.19. The molecule has 1 amide bonds. The summed E-state index contributed by atoms with van der Waals surface area (Å²) < 4.78 is 26.2. The van der Waals surface area contributed by atoms with Gasteiger partial charge in [-0.1, -0.05) is 18.2 Å². The number of anilines is 1. The number of carbonyl (C=O) groups is 1. The molecule has 5 heteroatoms. The van der Waals surface area contributed by atoms with Crippen molar-refractivity contribution in [1.29, 1.82) is 0 Å². The molecule has 1 N–H and O–H groups in total. The van der Waals surface area contributed by atoms with Gasteiger partial charge in [-0.3, -0.25) is 4.79 Å². The molecule has 1 heterocycles. The third-order valence-electron chi connectivity index (χ3n) is 3.67. The van der Waals surface area contributed by atoms with Crippen molar-refractivity contribution in [2.75, 3.05) is 24.5 Å². The number of rotatable bonds is 5. The van der Waals surface area contributed by atoms with Gasteiger partial charge in [0.05, 0.1) is 0 Å². The quantitative estimate of drug-likeness (QED) is 0.670. The Balaban J connectivity index is 1.82. The minimum absolute atomic E-state index is 0.121. The summed E-state index contributed by atoms with van der Waals surface area (Å²) >= 11 is 0. The molecule has 1 unspecified atom stereocenters. The Hall–Kier alpha value is -2.17. The summed E-state index contributed by atoms with van der Waals surface area (Å²) in [5, 5.41) is 2.86. The molecule has 0 aromatic heterocycles. The van der Waals surface area contributed by atoms with Crippen molar-refractivity contribution in [1.82, 2.24) is 5.32 Å². The topological polar surface area (TPSA) is 32.3 Å². The fraction of sp³-hybridized carbons (Fsp3) is 0.353. The maximum absolute atomic E-state index is 13.3. The van der Waals surface area contributed by atoms with Crippen LogP contribution in [0.4, 0.5) is 14.5 Å². The van der Waals surface area contributed by atoms with E-state index in [0.717, 1.165) is 25.6 Å². The van der Waals surface area contributed by atoms with E-state index in [1.165, 1.54) is 12.1 Å². The van der Waals surface area contributed by atoms with Crippen LogP contribution in [0.25, 0.3) is 0 Å². The molecule has 1 saturated heterocycles. The second-order valence-electron chi connectivity index (χ2n) is 5.33. The first-order valence-corrected chi connectivity index (χ1v) is 7.37. The van der Waals surface area contributed by atoms with Gasteiger partial charge in [0.25, 0.3) is 0 Å². The molecule has 0 spiro atoms. The van der Waals surface area contributed by atoms with Gasteiger partial charge in [-0.2, -0.15) is 0 Å². The molecule has 1 aliphatic rings. The van der Waals surface area contributed by atoms with Crippen molar-refractivity contribution in [3.8, 4) is 0 Å². The van der Waals surface area contributed by atoms with Crippen molar-refractivity contribution < 1.29 is 13.6 Å². The average Bonchev–Trinajstić information content (AvgIpc) is 2.97. The van der Waals surface area contributed by atoms with E-state index in [1.807, 2.05) is 17.9 Å². The number of benzene rings is 1. The SMILES string of the molecule is C/C=C/C=C/C(=O)NCC1CCN(c2ccc(F)c(F)c2)C1. The fourth-order valence-corrected chi connectivity index (χ4v) is 2.47. The fourth-order valence-electron chi connectivity index (χ4n) is 2.47. The molecular formula is C17H20F2N2O. The van der Waals surface area contributed by atoms with Gasteiger partial charge in [0.2, 0.25) is 5.91 Å². The molecule has 1 aromatic rings. The summed E-state index contributed by atoms with van der Waals surface area (Å²) in [6.07, 6.45) is 7.73. The summed E-state index contributed by atoms with van der Waals surface area (Å²) in [5.41, 5.74) is 0.681. The minimum atomic E-state index is -0.834. The van der Waals surface area contributed by atoms with Crippen LogP contribution in [-0.2, 0) is 4.79 Å². The molecule has 22 heavy (non-hydrogen) atoms. The van der Waals surface area contributed by atoms with Crippen LogP contribution in [-0.4, -0.2) is 25.5 Å². The molecule has 1 aromatic carbocycles. The van der Waals surface area contributed by atoms with E-state index in [2.05, 4.69) is 5.32 Å². The number of halogens is 2. The van der Waals surface area contributed by atoms with E-state index in [-0.39, 0.29) is 5.91 Å². The highest BCUT2D eigenvalue weighted by Gasteiger charge is 2.23. The van der Waals surface area contributed by atoms with Crippen LogP contribution in [0.3, 0.4) is 0 Å². The van der Waals surface area contributed by atoms with Gasteiger partial charge in [-0.15, -0.1) is 0 Å². The van der Waals surface area contributed by atoms with Crippen LogP contribution in [0.5, 0.6) is 0 Å². The molecule has 0 bridgehead atoms. The first kappa shape index (κ1) is 16.2. The first-order chi connectivity index (χ1) is 10.6. The molecule has 0 aliphatic carbocycles. The van der Waals surface area contributed by atoms with Crippen molar-refractivity contribution in [2.24, 2.45) is 5.92 Å². The molecule has 1 fully saturated rings. The summed E-state index contributed by atoms with van der Waals surface area (Å²) in [6, 6.07) is 3.95. The van der Waals surface area contributed by atoms with Gasteiger partial charge in [0, 0.05) is 37.5 Å². The van der Waals surface area contributed by atoms with E-state index in [0.29, 0.717) is 18.2 Å². The molecule has 0 radical (unpaired) electrons. The summed E-state index contributed by atoms with van der Waals surface area (Å²) in [6.45, 7) is 3.97. The number of nitrogens with one attached hydrogen (secondary N) is 1. The van der Waals surface area contributed by atoms with E-state index < -0.39 is 11.6 Å². The predicted octanol–water partition coefficient (Wildman–Crippen LogP) is 3.04. The minimum Gasteiger partial charge on any atom is -0.371 e. The van der Waals surface area contributed by atoms with Crippen LogP contribution in [0, 0.1) is 17.6 Å². The number of hydrogen-bond acceptors (Lipinski definition) is 2. The third-order valence-corrected chi connectivity index (χ3v) is 3.67. The number of allylic oxidation sites excluding steroid dienone is 3. The van der Waals surface area contributed by atoms with Gasteiger partial charge in [-0.25, -0.2) is 8.78 Å². The largest absolute Gasteiger partial charge is 0.371 e. The van der Waals surface area contributed by atoms with Gasteiger partial charge < -0.3 is 10.2 Å². The summed E-state index contributed by atoms with van der Waals surface area (Å²) in [7, 11) is 0. The lowest BCUT2D eigenvalue weighted by atomic mass is 10.1.